The molecule has 9 heteroatoms. The largest absolute Gasteiger partial charge is 0.465 e. The van der Waals surface area contributed by atoms with Crippen molar-refractivity contribution in [2.75, 3.05) is 45.3 Å². The van der Waals surface area contributed by atoms with E-state index in [9.17, 15) is 9.59 Å². The predicted molar refractivity (Wildman–Crippen MR) is 101 cm³/mol. The molecule has 27 heavy (non-hydrogen) atoms. The van der Waals surface area contributed by atoms with Crippen molar-refractivity contribution in [3.63, 3.8) is 0 Å². The highest BCUT2D eigenvalue weighted by molar-refractivity contribution is 5.90. The molecule has 0 spiro atoms. The highest BCUT2D eigenvalue weighted by Crippen LogP contribution is 2.19. The molecule has 0 radical (unpaired) electrons. The molecule has 0 unspecified atom stereocenters. The molecule has 148 valence electrons. The molecular weight excluding hydrogens is 352 g/mol. The van der Waals surface area contributed by atoms with E-state index >= 15 is 0 Å². The molecule has 0 saturated carbocycles. The van der Waals surface area contributed by atoms with Crippen LogP contribution in [0.3, 0.4) is 0 Å². The molecule has 2 aromatic rings. The number of hydrogen-bond acceptors (Lipinski definition) is 9. The number of rotatable bonds is 10. The quantitative estimate of drug-likeness (QED) is 0.308. The fourth-order valence-corrected chi connectivity index (χ4v) is 2.06. The van der Waals surface area contributed by atoms with Crippen molar-refractivity contribution >= 4 is 29.0 Å². The number of aliphatic hydroxyl groups is 1. The maximum atomic E-state index is 11.4. The molecule has 0 atom stereocenters. The minimum atomic E-state index is -0.301. The van der Waals surface area contributed by atoms with Crippen molar-refractivity contribution < 1.29 is 24.2 Å². The molecular formula is C18H26N4O5. The standard InChI is InChI=1S/C14H18N4O2.C4H8O3/c1-3-20-13(19)9-16-14-10-6-4-5-7-11(10)17-12(18-14)8-15-2;5-1-3-7-4-2-6/h4-7,15H,3,8-9H2,1-2H3,(H,16,17,18);1,6H,2-4H2. The Balaban J connectivity index is 0.000000445. The number of aliphatic hydroxyl groups excluding tert-OH is 1. The van der Waals surface area contributed by atoms with Crippen LogP contribution in [-0.2, 0) is 25.6 Å². The normalized spacial score (nSPS) is 10.0. The molecule has 1 heterocycles. The Morgan fingerprint density at radius 1 is 1.30 bits per heavy atom. The van der Waals surface area contributed by atoms with Crippen molar-refractivity contribution in [1.82, 2.24) is 15.3 Å². The van der Waals surface area contributed by atoms with Gasteiger partial charge in [-0.15, -0.1) is 0 Å². The van der Waals surface area contributed by atoms with Gasteiger partial charge in [0.05, 0.1) is 31.9 Å². The number of nitrogens with zero attached hydrogens (tertiary/aromatic N) is 2. The summed E-state index contributed by atoms with van der Waals surface area (Å²) in [4.78, 5) is 29.8. The van der Waals surface area contributed by atoms with Gasteiger partial charge >= 0.3 is 5.97 Å². The number of carbonyl (C=O) groups excluding carboxylic acids is 2. The molecule has 0 aliphatic carbocycles. The third-order valence-corrected chi connectivity index (χ3v) is 3.11. The lowest BCUT2D eigenvalue weighted by molar-refractivity contribution is -0.140. The van der Waals surface area contributed by atoms with E-state index in [2.05, 4.69) is 25.3 Å². The third kappa shape index (κ3) is 8.54. The van der Waals surface area contributed by atoms with Crippen LogP contribution in [0, 0.1) is 0 Å². The van der Waals surface area contributed by atoms with Gasteiger partial charge in [-0.2, -0.15) is 0 Å². The second kappa shape index (κ2) is 13.6. The highest BCUT2D eigenvalue weighted by atomic mass is 16.5. The zero-order valence-corrected chi connectivity index (χ0v) is 15.6. The second-order valence-electron chi connectivity index (χ2n) is 5.16. The van der Waals surface area contributed by atoms with Crippen LogP contribution >= 0.6 is 0 Å². The van der Waals surface area contributed by atoms with Crippen LogP contribution in [0.15, 0.2) is 24.3 Å². The van der Waals surface area contributed by atoms with Crippen molar-refractivity contribution in [3.8, 4) is 0 Å². The van der Waals surface area contributed by atoms with E-state index in [0.717, 1.165) is 10.9 Å². The summed E-state index contributed by atoms with van der Waals surface area (Å²) in [5.41, 5.74) is 0.846. The number of nitrogens with one attached hydrogen (secondary N) is 2. The minimum Gasteiger partial charge on any atom is -0.465 e. The van der Waals surface area contributed by atoms with Gasteiger partial charge in [0.15, 0.2) is 0 Å². The Hall–Kier alpha value is -2.62. The first-order valence-electron chi connectivity index (χ1n) is 8.58. The molecule has 1 aromatic carbocycles. The van der Waals surface area contributed by atoms with Gasteiger partial charge in [0.25, 0.3) is 0 Å². The number of benzene rings is 1. The molecule has 1 aromatic heterocycles. The lowest BCUT2D eigenvalue weighted by Gasteiger charge is -2.10. The molecule has 0 fully saturated rings. The first-order valence-corrected chi connectivity index (χ1v) is 8.58. The fraction of sp³-hybridized carbons (Fsp3) is 0.444. The van der Waals surface area contributed by atoms with Gasteiger partial charge in [0.1, 0.15) is 31.1 Å². The molecule has 0 aliphatic rings. The van der Waals surface area contributed by atoms with Gasteiger partial charge in [-0.05, 0) is 26.1 Å². The van der Waals surface area contributed by atoms with Crippen molar-refractivity contribution in [1.29, 1.82) is 0 Å². The van der Waals surface area contributed by atoms with E-state index in [4.69, 9.17) is 9.84 Å². The van der Waals surface area contributed by atoms with Gasteiger partial charge in [0.2, 0.25) is 0 Å². The summed E-state index contributed by atoms with van der Waals surface area (Å²) < 4.78 is 9.41. The van der Waals surface area contributed by atoms with E-state index in [0.29, 0.717) is 31.1 Å². The predicted octanol–water partition coefficient (Wildman–Crippen LogP) is 0.518. The molecule has 0 amide bonds. The van der Waals surface area contributed by atoms with E-state index in [1.807, 2.05) is 31.3 Å². The molecule has 2 rings (SSSR count). The maximum Gasteiger partial charge on any atom is 0.325 e. The zero-order valence-electron chi connectivity index (χ0n) is 15.6. The Morgan fingerprint density at radius 2 is 2.07 bits per heavy atom. The monoisotopic (exact) mass is 378 g/mol. The summed E-state index contributed by atoms with van der Waals surface area (Å²) >= 11 is 0. The van der Waals surface area contributed by atoms with Crippen LogP contribution in [0.5, 0.6) is 0 Å². The van der Waals surface area contributed by atoms with Crippen LogP contribution in [0.4, 0.5) is 5.82 Å². The van der Waals surface area contributed by atoms with Gasteiger partial charge < -0.3 is 30.0 Å². The number of para-hydroxylation sites is 1. The lowest BCUT2D eigenvalue weighted by Crippen LogP contribution is -2.18. The summed E-state index contributed by atoms with van der Waals surface area (Å²) in [5.74, 6) is 1.02. The average molecular weight is 378 g/mol. The van der Waals surface area contributed by atoms with Crippen LogP contribution in [0.2, 0.25) is 0 Å². The number of aldehydes is 1. The van der Waals surface area contributed by atoms with E-state index in [1.54, 1.807) is 6.92 Å². The van der Waals surface area contributed by atoms with Gasteiger partial charge in [-0.3, -0.25) is 4.79 Å². The smallest absolute Gasteiger partial charge is 0.325 e. The number of esters is 1. The summed E-state index contributed by atoms with van der Waals surface area (Å²) in [6, 6.07) is 7.68. The third-order valence-electron chi connectivity index (χ3n) is 3.11. The summed E-state index contributed by atoms with van der Waals surface area (Å²) in [5, 5.41) is 15.0. The van der Waals surface area contributed by atoms with Crippen molar-refractivity contribution in [2.45, 2.75) is 13.5 Å². The summed E-state index contributed by atoms with van der Waals surface area (Å²) in [6.07, 6.45) is 0.648. The van der Waals surface area contributed by atoms with Crippen LogP contribution in [0.25, 0.3) is 10.9 Å². The lowest BCUT2D eigenvalue weighted by atomic mass is 10.2. The molecule has 0 aliphatic heterocycles. The number of fused-ring (bicyclic) bond motifs is 1. The Morgan fingerprint density at radius 3 is 2.74 bits per heavy atom. The fourth-order valence-electron chi connectivity index (χ4n) is 2.06. The number of aromatic nitrogens is 2. The van der Waals surface area contributed by atoms with Gasteiger partial charge in [-0.25, -0.2) is 9.97 Å². The Labute approximate surface area is 158 Å². The van der Waals surface area contributed by atoms with Gasteiger partial charge in [-0.1, -0.05) is 12.1 Å². The van der Waals surface area contributed by atoms with Crippen molar-refractivity contribution in [2.24, 2.45) is 0 Å². The maximum absolute atomic E-state index is 11.4. The number of carbonyl (C=O) groups is 2. The SMILES string of the molecule is CCOC(=O)CNc1nc(CNC)nc2ccccc12.O=CCOCCO. The topological polar surface area (TPSA) is 123 Å². The van der Waals surface area contributed by atoms with Crippen molar-refractivity contribution in [3.05, 3.63) is 30.1 Å². The average Bonchev–Trinajstić information content (AvgIpc) is 2.67. The summed E-state index contributed by atoms with van der Waals surface area (Å²) in [7, 11) is 1.84. The molecule has 9 nitrogen and oxygen atoms in total. The van der Waals surface area contributed by atoms with E-state index < -0.39 is 0 Å². The molecule has 0 bridgehead atoms. The number of ether oxygens (including phenoxy) is 2. The molecule has 3 N–H and O–H groups in total. The van der Waals surface area contributed by atoms with Crippen LogP contribution in [-0.4, -0.2) is 67.3 Å². The Kier molecular flexibility index (Phi) is 11.3. The highest BCUT2D eigenvalue weighted by Gasteiger charge is 2.08. The number of anilines is 1. The number of hydrogen-bond donors (Lipinski definition) is 3. The first kappa shape index (κ1) is 22.4. The second-order valence-corrected chi connectivity index (χ2v) is 5.16. The van der Waals surface area contributed by atoms with E-state index in [-0.39, 0.29) is 32.3 Å². The van der Waals surface area contributed by atoms with Crippen LogP contribution < -0.4 is 10.6 Å². The summed E-state index contributed by atoms with van der Waals surface area (Å²) in [6.45, 7) is 3.12. The molecule has 0 saturated heterocycles. The van der Waals surface area contributed by atoms with Crippen LogP contribution in [0.1, 0.15) is 12.7 Å². The van der Waals surface area contributed by atoms with Gasteiger partial charge in [0, 0.05) is 5.39 Å². The first-order chi connectivity index (χ1) is 13.2. The van der Waals surface area contributed by atoms with E-state index in [1.165, 1.54) is 0 Å². The Bertz CT molecular complexity index is 711. The zero-order chi connectivity index (χ0) is 19.9. The minimum absolute atomic E-state index is 0.0200.